The Labute approximate surface area is 122 Å². The van der Waals surface area contributed by atoms with Crippen LogP contribution < -0.4 is 5.32 Å². The summed E-state index contributed by atoms with van der Waals surface area (Å²) in [4.78, 5) is 13.0. The Bertz CT molecular complexity index is 573. The molecule has 5 heteroatoms. The molecule has 20 heavy (non-hydrogen) atoms. The summed E-state index contributed by atoms with van der Waals surface area (Å²) in [5.74, 6) is 1.54. The summed E-state index contributed by atoms with van der Waals surface area (Å²) in [7, 11) is 1.61. The van der Waals surface area contributed by atoms with Crippen molar-refractivity contribution in [1.29, 1.82) is 0 Å². The molecule has 1 amide bonds. The zero-order valence-electron chi connectivity index (χ0n) is 11.9. The lowest BCUT2D eigenvalue weighted by Crippen LogP contribution is -2.30. The van der Waals surface area contributed by atoms with Crippen molar-refractivity contribution < 1.29 is 13.9 Å². The van der Waals surface area contributed by atoms with Gasteiger partial charge in [0.15, 0.2) is 0 Å². The second-order valence-electron chi connectivity index (χ2n) is 4.57. The number of nitrogens with one attached hydrogen (secondary N) is 1. The molecule has 2 aromatic rings. The largest absolute Gasteiger partial charge is 0.464 e. The summed E-state index contributed by atoms with van der Waals surface area (Å²) in [5.41, 5.74) is 0.984. The van der Waals surface area contributed by atoms with Gasteiger partial charge < -0.3 is 14.5 Å². The second-order valence-corrected chi connectivity index (χ2v) is 5.49. The number of rotatable bonds is 6. The number of hydrogen-bond donors (Lipinski definition) is 1. The van der Waals surface area contributed by atoms with Gasteiger partial charge >= 0.3 is 0 Å². The zero-order chi connectivity index (χ0) is 14.5. The average Bonchev–Trinajstić information content (AvgIpc) is 3.06. The summed E-state index contributed by atoms with van der Waals surface area (Å²) in [6.07, 6.45) is 0.831. The molecule has 0 spiro atoms. The van der Waals surface area contributed by atoms with Gasteiger partial charge in [-0.1, -0.05) is 6.92 Å². The molecule has 0 fully saturated rings. The van der Waals surface area contributed by atoms with E-state index in [1.165, 1.54) is 11.3 Å². The molecule has 2 heterocycles. The molecule has 0 saturated carbocycles. The van der Waals surface area contributed by atoms with Crippen LogP contribution in [0.5, 0.6) is 0 Å². The van der Waals surface area contributed by atoms with Gasteiger partial charge in [0.2, 0.25) is 0 Å². The third kappa shape index (κ3) is 3.29. The first-order chi connectivity index (χ1) is 9.65. The standard InChI is InChI=1S/C15H19NO3S/c1-4-11-5-6-13(19-11)12(9-18-3)16-15(17)14-10(2)7-8-20-14/h5-8,12H,4,9H2,1-3H3,(H,16,17)/t12-/m0/s1. The molecule has 0 radical (unpaired) electrons. The molecule has 0 saturated heterocycles. The van der Waals surface area contributed by atoms with E-state index in [0.29, 0.717) is 6.61 Å². The normalized spacial score (nSPS) is 12.3. The van der Waals surface area contributed by atoms with Crippen molar-refractivity contribution in [2.45, 2.75) is 26.3 Å². The molecule has 0 bridgehead atoms. The minimum absolute atomic E-state index is 0.0889. The van der Waals surface area contributed by atoms with Crippen LogP contribution in [-0.2, 0) is 11.2 Å². The van der Waals surface area contributed by atoms with Gasteiger partial charge in [0.05, 0.1) is 11.5 Å². The highest BCUT2D eigenvalue weighted by molar-refractivity contribution is 7.12. The minimum Gasteiger partial charge on any atom is -0.464 e. The molecule has 2 rings (SSSR count). The fourth-order valence-corrected chi connectivity index (χ4v) is 2.79. The zero-order valence-corrected chi connectivity index (χ0v) is 12.8. The van der Waals surface area contributed by atoms with E-state index in [1.807, 2.05) is 37.4 Å². The van der Waals surface area contributed by atoms with Gasteiger partial charge in [-0.3, -0.25) is 4.79 Å². The Kier molecular flexibility index (Phi) is 4.98. The van der Waals surface area contributed by atoms with Crippen LogP contribution in [0.15, 0.2) is 28.0 Å². The number of thiophene rings is 1. The first-order valence-corrected chi connectivity index (χ1v) is 7.46. The predicted octanol–water partition coefficient (Wildman–Crippen LogP) is 3.33. The molecule has 1 atom stereocenters. The van der Waals surface area contributed by atoms with E-state index in [4.69, 9.17) is 9.15 Å². The van der Waals surface area contributed by atoms with Crippen molar-refractivity contribution in [3.05, 3.63) is 45.5 Å². The van der Waals surface area contributed by atoms with E-state index in [1.54, 1.807) is 7.11 Å². The van der Waals surface area contributed by atoms with Gasteiger partial charge in [0, 0.05) is 13.5 Å². The molecule has 0 aromatic carbocycles. The monoisotopic (exact) mass is 293 g/mol. The maximum atomic E-state index is 12.3. The highest BCUT2D eigenvalue weighted by atomic mass is 32.1. The molecule has 0 aliphatic heterocycles. The number of hydrogen-bond acceptors (Lipinski definition) is 4. The maximum Gasteiger partial charge on any atom is 0.262 e. The highest BCUT2D eigenvalue weighted by Gasteiger charge is 2.20. The van der Waals surface area contributed by atoms with Gasteiger partial charge in [0.25, 0.3) is 5.91 Å². The third-order valence-corrected chi connectivity index (χ3v) is 4.10. The Morgan fingerprint density at radius 1 is 1.45 bits per heavy atom. The molecule has 108 valence electrons. The van der Waals surface area contributed by atoms with Crippen molar-refractivity contribution in [2.24, 2.45) is 0 Å². The Hall–Kier alpha value is -1.59. The molecule has 2 aromatic heterocycles. The molecular weight excluding hydrogens is 274 g/mol. The van der Waals surface area contributed by atoms with Crippen molar-refractivity contribution in [2.75, 3.05) is 13.7 Å². The van der Waals surface area contributed by atoms with Gasteiger partial charge in [-0.05, 0) is 36.1 Å². The number of aryl methyl sites for hydroxylation is 2. The van der Waals surface area contributed by atoms with Gasteiger partial charge in [0.1, 0.15) is 17.6 Å². The molecule has 0 aliphatic rings. The first-order valence-electron chi connectivity index (χ1n) is 6.58. The fraction of sp³-hybridized carbons (Fsp3) is 0.400. The topological polar surface area (TPSA) is 51.5 Å². The second kappa shape index (κ2) is 6.72. The molecule has 1 N–H and O–H groups in total. The maximum absolute atomic E-state index is 12.3. The van der Waals surface area contributed by atoms with Crippen LogP contribution >= 0.6 is 11.3 Å². The third-order valence-electron chi connectivity index (χ3n) is 3.08. The van der Waals surface area contributed by atoms with Crippen molar-refractivity contribution in [3.63, 3.8) is 0 Å². The summed E-state index contributed by atoms with van der Waals surface area (Å²) in [5, 5.41) is 4.88. The molecule has 0 unspecified atom stereocenters. The lowest BCUT2D eigenvalue weighted by atomic mass is 10.2. The summed E-state index contributed by atoms with van der Waals surface area (Å²) in [6, 6.07) is 5.49. The van der Waals surface area contributed by atoms with Crippen LogP contribution in [0.3, 0.4) is 0 Å². The van der Waals surface area contributed by atoms with Crippen LogP contribution in [0.2, 0.25) is 0 Å². The quantitative estimate of drug-likeness (QED) is 0.888. The van der Waals surface area contributed by atoms with E-state index in [9.17, 15) is 4.79 Å². The van der Waals surface area contributed by atoms with E-state index in [0.717, 1.165) is 28.4 Å². The number of carbonyl (C=O) groups is 1. The number of furan rings is 1. The van der Waals surface area contributed by atoms with E-state index >= 15 is 0 Å². The lowest BCUT2D eigenvalue weighted by molar-refractivity contribution is 0.0885. The lowest BCUT2D eigenvalue weighted by Gasteiger charge is -2.15. The molecule has 4 nitrogen and oxygen atoms in total. The average molecular weight is 293 g/mol. The highest BCUT2D eigenvalue weighted by Crippen LogP contribution is 2.20. The van der Waals surface area contributed by atoms with E-state index in [2.05, 4.69) is 5.32 Å². The fourth-order valence-electron chi connectivity index (χ4n) is 1.96. The van der Waals surface area contributed by atoms with Crippen LogP contribution in [-0.4, -0.2) is 19.6 Å². The van der Waals surface area contributed by atoms with E-state index < -0.39 is 0 Å². The summed E-state index contributed by atoms with van der Waals surface area (Å²) >= 11 is 1.44. The van der Waals surface area contributed by atoms with E-state index in [-0.39, 0.29) is 11.9 Å². The molecular formula is C15H19NO3S. The Balaban J connectivity index is 2.13. The summed E-state index contributed by atoms with van der Waals surface area (Å²) in [6.45, 7) is 4.34. The van der Waals surface area contributed by atoms with Gasteiger partial charge in [-0.2, -0.15) is 0 Å². The van der Waals surface area contributed by atoms with Gasteiger partial charge in [-0.25, -0.2) is 0 Å². The SMILES string of the molecule is CCc1ccc([C@H](COC)NC(=O)c2sccc2C)o1. The van der Waals surface area contributed by atoms with Crippen LogP contribution in [0.4, 0.5) is 0 Å². The van der Waals surface area contributed by atoms with Crippen LogP contribution in [0.1, 0.15) is 39.7 Å². The van der Waals surface area contributed by atoms with Crippen LogP contribution in [0.25, 0.3) is 0 Å². The smallest absolute Gasteiger partial charge is 0.262 e. The minimum atomic E-state index is -0.269. The number of methoxy groups -OCH3 is 1. The number of ether oxygens (including phenoxy) is 1. The van der Waals surface area contributed by atoms with Crippen molar-refractivity contribution >= 4 is 17.2 Å². The predicted molar refractivity (Wildman–Crippen MR) is 79.2 cm³/mol. The van der Waals surface area contributed by atoms with Crippen molar-refractivity contribution in [3.8, 4) is 0 Å². The number of carbonyl (C=O) groups excluding carboxylic acids is 1. The molecule has 0 aliphatic carbocycles. The van der Waals surface area contributed by atoms with Gasteiger partial charge in [-0.15, -0.1) is 11.3 Å². The van der Waals surface area contributed by atoms with Crippen molar-refractivity contribution in [1.82, 2.24) is 5.32 Å². The summed E-state index contributed by atoms with van der Waals surface area (Å²) < 4.78 is 10.9. The van der Waals surface area contributed by atoms with Crippen LogP contribution in [0, 0.1) is 6.92 Å². The Morgan fingerprint density at radius 2 is 2.25 bits per heavy atom. The number of amides is 1. The first kappa shape index (κ1) is 14.8. The Morgan fingerprint density at radius 3 is 2.80 bits per heavy atom.